The largest absolute Gasteiger partial charge is 0.325 e. The zero-order valence-corrected chi connectivity index (χ0v) is 19.5. The first-order chi connectivity index (χ1) is 15.6. The number of aryl methyl sites for hydroxylation is 1. The molecule has 0 radical (unpaired) electrons. The molecule has 7 nitrogen and oxygen atoms in total. The van der Waals surface area contributed by atoms with E-state index in [0.29, 0.717) is 0 Å². The number of rotatable bonds is 4. The van der Waals surface area contributed by atoms with Crippen molar-refractivity contribution < 1.29 is 17.6 Å². The number of nitrogens with zero attached hydrogens (tertiary/aromatic N) is 2. The lowest BCUT2D eigenvalue weighted by molar-refractivity contribution is -0.120. The fourth-order valence-electron chi connectivity index (χ4n) is 3.79. The Balaban J connectivity index is 1.61. The van der Waals surface area contributed by atoms with E-state index in [1.807, 2.05) is 43.3 Å². The summed E-state index contributed by atoms with van der Waals surface area (Å²) in [6, 6.07) is 13.5. The van der Waals surface area contributed by atoms with Gasteiger partial charge in [-0.05, 0) is 66.4 Å². The molecular formula is C23H22ClFN4O3S. The highest BCUT2D eigenvalue weighted by Crippen LogP contribution is 2.31. The Hall–Kier alpha value is -2.85. The summed E-state index contributed by atoms with van der Waals surface area (Å²) in [6.07, 6.45) is 1.92. The molecule has 0 bridgehead atoms. The van der Waals surface area contributed by atoms with Gasteiger partial charge < -0.3 is 5.32 Å². The van der Waals surface area contributed by atoms with Crippen LogP contribution in [0.4, 0.5) is 10.1 Å². The zero-order chi connectivity index (χ0) is 23.8. The molecule has 33 heavy (non-hydrogen) atoms. The molecule has 1 fully saturated rings. The molecule has 2 unspecified atom stereocenters. The summed E-state index contributed by atoms with van der Waals surface area (Å²) < 4.78 is 42.6. The van der Waals surface area contributed by atoms with E-state index in [1.54, 1.807) is 6.20 Å². The van der Waals surface area contributed by atoms with Gasteiger partial charge in [0.2, 0.25) is 5.91 Å². The number of amides is 1. The number of nitrogens with one attached hydrogen (secondary N) is 2. The Morgan fingerprint density at radius 1 is 1.18 bits per heavy atom. The van der Waals surface area contributed by atoms with Gasteiger partial charge in [-0.15, -0.1) is 0 Å². The average molecular weight is 489 g/mol. The SMILES string of the molecule is Cc1cc(-c2cccc(C3CC(C(=O)Nc4ccc(F)c(Cl)c4)N(C)S(=O)(=O)N3)c2)ccn1. The molecule has 2 aromatic carbocycles. The molecule has 0 aliphatic carbocycles. The lowest BCUT2D eigenvalue weighted by Crippen LogP contribution is -2.55. The van der Waals surface area contributed by atoms with Gasteiger partial charge >= 0.3 is 0 Å². The molecule has 2 N–H and O–H groups in total. The van der Waals surface area contributed by atoms with Crippen LogP contribution in [0.5, 0.6) is 0 Å². The molecule has 4 rings (SSSR count). The summed E-state index contributed by atoms with van der Waals surface area (Å²) in [5.41, 5.74) is 3.76. The van der Waals surface area contributed by atoms with Crippen molar-refractivity contribution in [2.45, 2.75) is 25.4 Å². The van der Waals surface area contributed by atoms with E-state index >= 15 is 0 Å². The van der Waals surface area contributed by atoms with Crippen LogP contribution in [0.3, 0.4) is 0 Å². The van der Waals surface area contributed by atoms with Gasteiger partial charge in [-0.25, -0.2) is 4.39 Å². The van der Waals surface area contributed by atoms with E-state index in [0.717, 1.165) is 32.8 Å². The predicted molar refractivity (Wildman–Crippen MR) is 125 cm³/mol. The lowest BCUT2D eigenvalue weighted by Gasteiger charge is -2.36. The summed E-state index contributed by atoms with van der Waals surface area (Å²) in [4.78, 5) is 17.2. The maximum absolute atomic E-state index is 13.4. The van der Waals surface area contributed by atoms with Crippen molar-refractivity contribution in [3.8, 4) is 11.1 Å². The minimum absolute atomic E-state index is 0.139. The van der Waals surface area contributed by atoms with Crippen LogP contribution >= 0.6 is 11.6 Å². The van der Waals surface area contributed by atoms with Crippen molar-refractivity contribution in [1.82, 2.24) is 14.0 Å². The van der Waals surface area contributed by atoms with Crippen molar-refractivity contribution >= 4 is 33.4 Å². The number of pyridine rings is 1. The molecular weight excluding hydrogens is 467 g/mol. The third-order valence-electron chi connectivity index (χ3n) is 5.58. The topological polar surface area (TPSA) is 91.4 Å². The molecule has 3 aromatic rings. The second-order valence-electron chi connectivity index (χ2n) is 7.87. The number of hydrogen-bond acceptors (Lipinski definition) is 4. The van der Waals surface area contributed by atoms with Gasteiger partial charge in [0.1, 0.15) is 11.9 Å². The smallest absolute Gasteiger partial charge is 0.280 e. The molecule has 10 heteroatoms. The number of likely N-dealkylation sites (N-methyl/N-ethyl adjacent to an activating group) is 1. The van der Waals surface area contributed by atoms with Crippen LogP contribution in [-0.4, -0.2) is 36.7 Å². The monoisotopic (exact) mass is 488 g/mol. The number of anilines is 1. The quantitative estimate of drug-likeness (QED) is 0.579. The molecule has 1 aliphatic rings. The third-order valence-corrected chi connectivity index (χ3v) is 7.46. The Morgan fingerprint density at radius 2 is 1.94 bits per heavy atom. The van der Waals surface area contributed by atoms with Crippen molar-refractivity contribution in [2.24, 2.45) is 0 Å². The lowest BCUT2D eigenvalue weighted by atomic mass is 9.95. The number of aromatic nitrogens is 1. The van der Waals surface area contributed by atoms with E-state index in [4.69, 9.17) is 11.6 Å². The highest BCUT2D eigenvalue weighted by molar-refractivity contribution is 7.87. The van der Waals surface area contributed by atoms with Crippen LogP contribution in [0.25, 0.3) is 11.1 Å². The molecule has 0 spiro atoms. The van der Waals surface area contributed by atoms with Gasteiger partial charge in [0.25, 0.3) is 10.2 Å². The van der Waals surface area contributed by atoms with Gasteiger partial charge in [0.05, 0.1) is 5.02 Å². The highest BCUT2D eigenvalue weighted by atomic mass is 35.5. The zero-order valence-electron chi connectivity index (χ0n) is 17.9. The Labute approximate surface area is 196 Å². The molecule has 1 aromatic heterocycles. The Kier molecular flexibility index (Phi) is 6.49. The van der Waals surface area contributed by atoms with Gasteiger partial charge in [-0.2, -0.15) is 17.4 Å². The summed E-state index contributed by atoms with van der Waals surface area (Å²) in [6.45, 7) is 1.90. The van der Waals surface area contributed by atoms with Gasteiger partial charge in [-0.1, -0.05) is 29.8 Å². The second kappa shape index (κ2) is 9.18. The molecule has 172 valence electrons. The van der Waals surface area contributed by atoms with E-state index < -0.39 is 34.0 Å². The second-order valence-corrected chi connectivity index (χ2v) is 10.0. The van der Waals surface area contributed by atoms with Crippen LogP contribution in [0.15, 0.2) is 60.8 Å². The molecule has 1 saturated heterocycles. The number of carbonyl (C=O) groups is 1. The Morgan fingerprint density at radius 3 is 2.67 bits per heavy atom. The first-order valence-corrected chi connectivity index (χ1v) is 12.0. The maximum atomic E-state index is 13.4. The number of hydrogen-bond donors (Lipinski definition) is 2. The van der Waals surface area contributed by atoms with Crippen molar-refractivity contribution in [2.75, 3.05) is 12.4 Å². The molecule has 1 aliphatic heterocycles. The van der Waals surface area contributed by atoms with Crippen LogP contribution in [0, 0.1) is 12.7 Å². The van der Waals surface area contributed by atoms with Gasteiger partial charge in [-0.3, -0.25) is 9.78 Å². The van der Waals surface area contributed by atoms with Crippen LogP contribution in [-0.2, 0) is 15.0 Å². The Bertz CT molecular complexity index is 1320. The van der Waals surface area contributed by atoms with E-state index in [-0.39, 0.29) is 17.1 Å². The number of benzene rings is 2. The molecule has 2 heterocycles. The minimum atomic E-state index is -3.92. The first kappa shape index (κ1) is 23.3. The standard InChI is InChI=1S/C23H22ClFN4O3S/c1-14-10-16(8-9-26-14)15-4-3-5-17(11-15)21-13-22(29(2)33(31,32)28-21)23(30)27-18-6-7-20(25)19(24)12-18/h3-12,21-22,28H,13H2,1-2H3,(H,27,30). The van der Waals surface area contributed by atoms with Crippen LogP contribution in [0.1, 0.15) is 23.7 Å². The molecule has 1 amide bonds. The van der Waals surface area contributed by atoms with Crippen molar-refractivity contribution in [3.63, 3.8) is 0 Å². The van der Waals surface area contributed by atoms with Crippen LogP contribution < -0.4 is 10.0 Å². The molecule has 0 saturated carbocycles. The van der Waals surface area contributed by atoms with E-state index in [1.165, 1.54) is 19.2 Å². The van der Waals surface area contributed by atoms with E-state index in [9.17, 15) is 17.6 Å². The predicted octanol–water partition coefficient (Wildman–Crippen LogP) is 4.07. The number of halogens is 2. The minimum Gasteiger partial charge on any atom is -0.325 e. The van der Waals surface area contributed by atoms with Crippen LogP contribution in [0.2, 0.25) is 5.02 Å². The fraction of sp³-hybridized carbons (Fsp3) is 0.217. The van der Waals surface area contributed by atoms with Crippen molar-refractivity contribution in [3.05, 3.63) is 82.9 Å². The fourth-order valence-corrected chi connectivity index (χ4v) is 5.24. The first-order valence-electron chi connectivity index (χ1n) is 10.2. The summed E-state index contributed by atoms with van der Waals surface area (Å²) in [5.74, 6) is -1.14. The normalized spacial score (nSPS) is 20.4. The third kappa shape index (κ3) is 5.06. The average Bonchev–Trinajstić information content (AvgIpc) is 2.78. The summed E-state index contributed by atoms with van der Waals surface area (Å²) >= 11 is 5.79. The molecule has 2 atom stereocenters. The highest BCUT2D eigenvalue weighted by Gasteiger charge is 2.40. The van der Waals surface area contributed by atoms with Crippen molar-refractivity contribution in [1.29, 1.82) is 0 Å². The summed E-state index contributed by atoms with van der Waals surface area (Å²) in [7, 11) is -2.57. The number of carbonyl (C=O) groups excluding carboxylic acids is 1. The van der Waals surface area contributed by atoms with Gasteiger partial charge in [0.15, 0.2) is 0 Å². The summed E-state index contributed by atoms with van der Waals surface area (Å²) in [5, 5.41) is 2.49. The maximum Gasteiger partial charge on any atom is 0.280 e. The van der Waals surface area contributed by atoms with E-state index in [2.05, 4.69) is 15.0 Å². The van der Waals surface area contributed by atoms with Gasteiger partial charge in [0, 0.05) is 30.7 Å².